The van der Waals surface area contributed by atoms with Crippen LogP contribution in [0.25, 0.3) is 66.1 Å². The molecule has 0 spiro atoms. The van der Waals surface area contributed by atoms with Gasteiger partial charge in [0, 0.05) is 27.1 Å². The van der Waals surface area contributed by atoms with E-state index in [2.05, 4.69) is 59.7 Å². The zero-order chi connectivity index (χ0) is 37.7. The molecule has 0 unspecified atom stereocenters. The van der Waals surface area contributed by atoms with E-state index in [0.717, 1.165) is 32.7 Å². The van der Waals surface area contributed by atoms with Gasteiger partial charge in [-0.25, -0.2) is 22.0 Å². The van der Waals surface area contributed by atoms with Crippen LogP contribution in [0.1, 0.15) is 58.2 Å². The number of hydrogen-bond acceptors (Lipinski definition) is 1. The minimum atomic E-state index is -2.25. The Morgan fingerprint density at radius 3 is 1.23 bits per heavy atom. The normalized spacial score (nSPS) is 12.4. The predicted octanol–water partition coefficient (Wildman–Crippen LogP) is 12.7. The molecular weight excluding hydrogens is 678 g/mol. The average Bonchev–Trinajstić information content (AvgIpc) is 3.64. The van der Waals surface area contributed by atoms with Crippen LogP contribution < -0.4 is 0 Å². The molecule has 0 saturated heterocycles. The molecule has 0 saturated carbocycles. The Morgan fingerprint density at radius 2 is 0.830 bits per heavy atom. The van der Waals surface area contributed by atoms with Gasteiger partial charge >= 0.3 is 0 Å². The van der Waals surface area contributed by atoms with E-state index >= 15 is 17.6 Å². The molecule has 8 rings (SSSR count). The van der Waals surface area contributed by atoms with E-state index in [0.29, 0.717) is 22.1 Å². The number of fused-ring (bicyclic) bond motifs is 6. The molecule has 3 nitrogen and oxygen atoms in total. The molecule has 0 N–H and O–H groups in total. The van der Waals surface area contributed by atoms with Crippen molar-refractivity contribution in [3.05, 3.63) is 143 Å². The second-order valence-electron chi connectivity index (χ2n) is 15.6. The SMILES string of the molecule is CC(C)(C)c1ccc2c(c1)c1ccccc1n2-c1cc(C#N)cc(-n2c3ccccc3c3cc(C(C)(C)C)ccc32)c1-c1c(F)c(F)c(F)c(F)c1F. The Hall–Kier alpha value is -5.94. The van der Waals surface area contributed by atoms with Crippen LogP contribution in [-0.2, 0) is 10.8 Å². The molecule has 2 heterocycles. The van der Waals surface area contributed by atoms with Crippen LogP contribution >= 0.6 is 0 Å². The first-order chi connectivity index (χ1) is 25.1. The minimum absolute atomic E-state index is 0.0780. The van der Waals surface area contributed by atoms with Crippen LogP contribution in [0.3, 0.4) is 0 Å². The lowest BCUT2D eigenvalue weighted by atomic mass is 9.86. The Kier molecular flexibility index (Phi) is 7.60. The fraction of sp³-hybridized carbons (Fsp3) is 0.178. The maximum atomic E-state index is 16.3. The fourth-order valence-corrected chi connectivity index (χ4v) is 7.51. The van der Waals surface area contributed by atoms with Gasteiger partial charge in [0.2, 0.25) is 5.82 Å². The second-order valence-corrected chi connectivity index (χ2v) is 15.6. The van der Waals surface area contributed by atoms with Crippen molar-refractivity contribution in [1.29, 1.82) is 5.26 Å². The standard InChI is InChI=1S/C45H34F5N3/c1-44(2,3)25-15-17-33-29(21-25)27-11-7-9-13-31(27)52(33)35-19-24(23-51)20-36(37(35)38-39(46)41(48)43(50)42(49)40(38)47)53-32-14-10-8-12-28(32)30-22-26(45(4,5)6)16-18-34(30)53/h7-22H,1-6H3. The largest absolute Gasteiger partial charge is 0.308 e. The van der Waals surface area contributed by atoms with Crippen molar-refractivity contribution in [2.45, 2.75) is 52.4 Å². The van der Waals surface area contributed by atoms with Gasteiger partial charge in [-0.3, -0.25) is 0 Å². The topological polar surface area (TPSA) is 33.6 Å². The van der Waals surface area contributed by atoms with Gasteiger partial charge in [0.1, 0.15) is 0 Å². The van der Waals surface area contributed by atoms with Gasteiger partial charge < -0.3 is 9.13 Å². The third kappa shape index (κ3) is 5.13. The summed E-state index contributed by atoms with van der Waals surface area (Å²) in [5.41, 5.74) is 3.08. The highest BCUT2D eigenvalue weighted by Gasteiger charge is 2.32. The van der Waals surface area contributed by atoms with E-state index in [1.54, 1.807) is 9.13 Å². The van der Waals surface area contributed by atoms with Crippen molar-refractivity contribution in [1.82, 2.24) is 9.13 Å². The predicted molar refractivity (Wildman–Crippen MR) is 202 cm³/mol. The smallest absolute Gasteiger partial charge is 0.200 e. The monoisotopic (exact) mass is 711 g/mol. The first kappa shape index (κ1) is 34.2. The molecule has 264 valence electrons. The Bertz CT molecular complexity index is 2690. The first-order valence-corrected chi connectivity index (χ1v) is 17.3. The molecule has 0 aliphatic heterocycles. The molecule has 0 atom stereocenters. The van der Waals surface area contributed by atoms with Crippen molar-refractivity contribution < 1.29 is 22.0 Å². The molecule has 8 aromatic rings. The number of para-hydroxylation sites is 2. The summed E-state index contributed by atoms with van der Waals surface area (Å²) in [7, 11) is 0. The molecule has 0 fully saturated rings. The molecule has 0 radical (unpaired) electrons. The van der Waals surface area contributed by atoms with Crippen LogP contribution in [0.4, 0.5) is 22.0 Å². The lowest BCUT2D eigenvalue weighted by Crippen LogP contribution is -2.11. The molecule has 53 heavy (non-hydrogen) atoms. The van der Waals surface area contributed by atoms with E-state index in [1.165, 1.54) is 12.1 Å². The molecule has 0 bridgehead atoms. The number of benzene rings is 6. The summed E-state index contributed by atoms with van der Waals surface area (Å²) in [6.45, 7) is 12.5. The third-order valence-electron chi connectivity index (χ3n) is 10.2. The lowest BCUT2D eigenvalue weighted by molar-refractivity contribution is 0.381. The zero-order valence-electron chi connectivity index (χ0n) is 30.0. The van der Waals surface area contributed by atoms with Crippen LogP contribution in [0.5, 0.6) is 0 Å². The van der Waals surface area contributed by atoms with Crippen molar-refractivity contribution >= 4 is 43.6 Å². The molecule has 8 heteroatoms. The molecule has 6 aromatic carbocycles. The van der Waals surface area contributed by atoms with Crippen molar-refractivity contribution in [3.63, 3.8) is 0 Å². The highest BCUT2D eigenvalue weighted by Crippen LogP contribution is 2.46. The quantitative estimate of drug-likeness (QED) is 0.102. The van der Waals surface area contributed by atoms with E-state index in [-0.39, 0.29) is 33.3 Å². The van der Waals surface area contributed by atoms with Crippen molar-refractivity contribution in [3.8, 4) is 28.6 Å². The molecular formula is C45H34F5N3. The van der Waals surface area contributed by atoms with Gasteiger partial charge in [-0.05, 0) is 70.5 Å². The summed E-state index contributed by atoms with van der Waals surface area (Å²) in [5.74, 6) is -10.3. The summed E-state index contributed by atoms with van der Waals surface area (Å²) >= 11 is 0. The number of halogens is 5. The fourth-order valence-electron chi connectivity index (χ4n) is 7.51. The number of hydrogen-bond donors (Lipinski definition) is 0. The summed E-state index contributed by atoms with van der Waals surface area (Å²) in [4.78, 5) is 0. The average molecular weight is 712 g/mol. The zero-order valence-corrected chi connectivity index (χ0v) is 30.0. The highest BCUT2D eigenvalue weighted by atomic mass is 19.2. The van der Waals surface area contributed by atoms with Crippen LogP contribution in [0, 0.1) is 40.4 Å². The van der Waals surface area contributed by atoms with Crippen LogP contribution in [-0.4, -0.2) is 9.13 Å². The number of aromatic nitrogens is 2. The van der Waals surface area contributed by atoms with Crippen LogP contribution in [0.15, 0.2) is 97.1 Å². The second kappa shape index (κ2) is 11.8. The number of rotatable bonds is 3. The van der Waals surface area contributed by atoms with Crippen LogP contribution in [0.2, 0.25) is 0 Å². The molecule has 0 aliphatic carbocycles. The summed E-state index contributed by atoms with van der Waals surface area (Å²) in [5, 5.41) is 13.8. The Labute approximate surface area is 303 Å². The summed E-state index contributed by atoms with van der Waals surface area (Å²) in [6.07, 6.45) is 0. The molecule has 0 aliphatic rings. The molecule has 2 aromatic heterocycles. The number of nitrogens with zero attached hydrogens (tertiary/aromatic N) is 3. The van der Waals surface area contributed by atoms with E-state index < -0.39 is 34.6 Å². The third-order valence-corrected chi connectivity index (χ3v) is 10.2. The first-order valence-electron chi connectivity index (χ1n) is 17.3. The summed E-state index contributed by atoms with van der Waals surface area (Å²) in [6, 6.07) is 31.8. The van der Waals surface area contributed by atoms with Gasteiger partial charge in [0.05, 0.1) is 50.6 Å². The van der Waals surface area contributed by atoms with Gasteiger partial charge in [-0.2, -0.15) is 5.26 Å². The Balaban J connectivity index is 1.62. The lowest BCUT2D eigenvalue weighted by Gasteiger charge is -2.22. The number of nitriles is 1. The van der Waals surface area contributed by atoms with Crippen molar-refractivity contribution in [2.75, 3.05) is 0 Å². The van der Waals surface area contributed by atoms with Gasteiger partial charge in [0.25, 0.3) is 0 Å². The minimum Gasteiger partial charge on any atom is -0.308 e. The van der Waals surface area contributed by atoms with E-state index in [1.807, 2.05) is 72.8 Å². The van der Waals surface area contributed by atoms with Gasteiger partial charge in [-0.15, -0.1) is 0 Å². The van der Waals surface area contributed by atoms with Gasteiger partial charge in [-0.1, -0.05) is 90.1 Å². The maximum Gasteiger partial charge on any atom is 0.200 e. The highest BCUT2D eigenvalue weighted by molar-refractivity contribution is 6.12. The Morgan fingerprint density at radius 1 is 0.453 bits per heavy atom. The van der Waals surface area contributed by atoms with E-state index in [4.69, 9.17) is 0 Å². The molecule has 0 amide bonds. The van der Waals surface area contributed by atoms with Crippen molar-refractivity contribution in [2.24, 2.45) is 0 Å². The van der Waals surface area contributed by atoms with E-state index in [9.17, 15) is 9.65 Å². The van der Waals surface area contributed by atoms with Gasteiger partial charge in [0.15, 0.2) is 23.3 Å². The maximum absolute atomic E-state index is 16.3. The summed E-state index contributed by atoms with van der Waals surface area (Å²) < 4.78 is 81.4.